The number of sulfonamides is 1. The van der Waals surface area contributed by atoms with Gasteiger partial charge in [-0.05, 0) is 50.4 Å². The van der Waals surface area contributed by atoms with E-state index in [1.54, 1.807) is 0 Å². The number of rotatable bonds is 3. The van der Waals surface area contributed by atoms with Gasteiger partial charge < -0.3 is 5.32 Å². The van der Waals surface area contributed by atoms with Gasteiger partial charge in [-0.15, -0.1) is 23.7 Å². The predicted molar refractivity (Wildman–Crippen MR) is 75.0 cm³/mol. The molecule has 1 aliphatic carbocycles. The number of nitrogens with one attached hydrogen (secondary N) is 2. The summed E-state index contributed by atoms with van der Waals surface area (Å²) in [6.07, 6.45) is 0. The second-order valence-corrected chi connectivity index (χ2v) is 8.13. The summed E-state index contributed by atoms with van der Waals surface area (Å²) in [7, 11) is -3.31. The minimum absolute atomic E-state index is 0. The number of hydrogen-bond acceptors (Lipinski definition) is 4. The third kappa shape index (κ3) is 2.32. The van der Waals surface area contributed by atoms with Gasteiger partial charge in [-0.25, -0.2) is 13.1 Å². The van der Waals surface area contributed by atoms with Crippen molar-refractivity contribution in [1.82, 2.24) is 10.0 Å². The van der Waals surface area contributed by atoms with Gasteiger partial charge in [0.1, 0.15) is 4.21 Å². The lowest BCUT2D eigenvalue weighted by Gasteiger charge is -2.08. The van der Waals surface area contributed by atoms with Gasteiger partial charge in [0.2, 0.25) is 0 Å². The van der Waals surface area contributed by atoms with E-state index in [-0.39, 0.29) is 18.4 Å². The maximum atomic E-state index is 12.2. The third-order valence-electron chi connectivity index (χ3n) is 3.62. The molecular formula is C11H17ClN2O2S2. The molecule has 0 spiro atoms. The summed E-state index contributed by atoms with van der Waals surface area (Å²) in [5.41, 5.74) is 0.851. The Balaban J connectivity index is 0.00000120. The average Bonchev–Trinajstić information content (AvgIpc) is 2.68. The fraction of sp³-hybridized carbons (Fsp3) is 0.636. The van der Waals surface area contributed by atoms with E-state index in [4.69, 9.17) is 0 Å². The minimum Gasteiger partial charge on any atom is -0.316 e. The average molecular weight is 309 g/mol. The molecule has 1 aliphatic heterocycles. The van der Waals surface area contributed by atoms with E-state index in [0.717, 1.165) is 23.5 Å². The highest BCUT2D eigenvalue weighted by Gasteiger charge is 2.54. The molecule has 1 saturated heterocycles. The SMILES string of the molecule is Cc1cc(C)c(S(=O)(=O)NC2C3CNCC32)s1.Cl. The van der Waals surface area contributed by atoms with Crippen molar-refractivity contribution in [3.63, 3.8) is 0 Å². The van der Waals surface area contributed by atoms with Crippen LogP contribution < -0.4 is 10.0 Å². The van der Waals surface area contributed by atoms with Gasteiger partial charge in [0.25, 0.3) is 10.0 Å². The number of thiophene rings is 1. The molecule has 0 amide bonds. The van der Waals surface area contributed by atoms with Gasteiger partial charge in [0.05, 0.1) is 0 Å². The van der Waals surface area contributed by atoms with Crippen LogP contribution in [0.15, 0.2) is 10.3 Å². The fourth-order valence-electron chi connectivity index (χ4n) is 2.71. The van der Waals surface area contributed by atoms with Gasteiger partial charge in [-0.1, -0.05) is 0 Å². The zero-order chi connectivity index (χ0) is 12.2. The number of hydrogen-bond donors (Lipinski definition) is 2. The highest BCUT2D eigenvalue weighted by molar-refractivity contribution is 7.91. The van der Waals surface area contributed by atoms with Crippen LogP contribution in [0.3, 0.4) is 0 Å². The molecular weight excluding hydrogens is 292 g/mol. The van der Waals surface area contributed by atoms with E-state index in [1.165, 1.54) is 11.3 Å². The maximum absolute atomic E-state index is 12.2. The third-order valence-corrected chi connectivity index (χ3v) is 6.87. The summed E-state index contributed by atoms with van der Waals surface area (Å²) < 4.78 is 27.8. The molecule has 0 aromatic carbocycles. The molecule has 18 heavy (non-hydrogen) atoms. The van der Waals surface area contributed by atoms with Crippen LogP contribution in [0.25, 0.3) is 0 Å². The normalized spacial score (nSPS) is 29.8. The Morgan fingerprint density at radius 1 is 1.33 bits per heavy atom. The van der Waals surface area contributed by atoms with Crippen LogP contribution in [-0.2, 0) is 10.0 Å². The summed E-state index contributed by atoms with van der Waals surface area (Å²) in [4.78, 5) is 1.04. The highest BCUT2D eigenvalue weighted by Crippen LogP contribution is 2.42. The van der Waals surface area contributed by atoms with Crippen molar-refractivity contribution in [3.05, 3.63) is 16.5 Å². The zero-order valence-electron chi connectivity index (χ0n) is 10.3. The molecule has 3 rings (SSSR count). The minimum atomic E-state index is -3.31. The van der Waals surface area contributed by atoms with Crippen LogP contribution in [0, 0.1) is 25.7 Å². The van der Waals surface area contributed by atoms with Crippen LogP contribution in [-0.4, -0.2) is 27.5 Å². The topological polar surface area (TPSA) is 58.2 Å². The molecule has 2 aliphatic rings. The van der Waals surface area contributed by atoms with E-state index in [0.29, 0.717) is 16.0 Å². The fourth-order valence-corrected chi connectivity index (χ4v) is 5.74. The second kappa shape index (κ2) is 4.76. The Morgan fingerprint density at radius 3 is 2.44 bits per heavy atom. The molecule has 1 aromatic heterocycles. The molecule has 2 heterocycles. The van der Waals surface area contributed by atoms with Crippen molar-refractivity contribution < 1.29 is 8.42 Å². The van der Waals surface area contributed by atoms with Crippen molar-refractivity contribution >= 4 is 33.8 Å². The van der Waals surface area contributed by atoms with Crippen LogP contribution in [0.2, 0.25) is 0 Å². The second-order valence-electron chi connectivity index (χ2n) is 4.96. The maximum Gasteiger partial charge on any atom is 0.250 e. The smallest absolute Gasteiger partial charge is 0.250 e. The molecule has 2 atom stereocenters. The first-order chi connectivity index (χ1) is 7.99. The molecule has 0 bridgehead atoms. The van der Waals surface area contributed by atoms with Crippen molar-refractivity contribution in [2.45, 2.75) is 24.1 Å². The zero-order valence-corrected chi connectivity index (χ0v) is 12.7. The Bertz CT molecular complexity index is 545. The Hall–Kier alpha value is -0.140. The lowest BCUT2D eigenvalue weighted by atomic mass is 10.4. The lowest BCUT2D eigenvalue weighted by Crippen LogP contribution is -2.32. The molecule has 0 radical (unpaired) electrons. The molecule has 1 saturated carbocycles. The van der Waals surface area contributed by atoms with Gasteiger partial charge in [-0.3, -0.25) is 0 Å². The van der Waals surface area contributed by atoms with Crippen molar-refractivity contribution in [2.75, 3.05) is 13.1 Å². The highest BCUT2D eigenvalue weighted by atomic mass is 35.5. The summed E-state index contributed by atoms with van der Waals surface area (Å²) in [6, 6.07) is 2.08. The molecule has 4 nitrogen and oxygen atoms in total. The van der Waals surface area contributed by atoms with Crippen LogP contribution >= 0.6 is 23.7 Å². The molecule has 2 fully saturated rings. The first-order valence-corrected chi connectivity index (χ1v) is 8.09. The van der Waals surface area contributed by atoms with E-state index in [1.807, 2.05) is 19.9 Å². The van der Waals surface area contributed by atoms with Crippen LogP contribution in [0.4, 0.5) is 0 Å². The lowest BCUT2D eigenvalue weighted by molar-refractivity contribution is 0.567. The van der Waals surface area contributed by atoms with Gasteiger partial charge in [0.15, 0.2) is 0 Å². The quantitative estimate of drug-likeness (QED) is 0.884. The number of halogens is 1. The molecule has 102 valence electrons. The van der Waals surface area contributed by atoms with E-state index >= 15 is 0 Å². The Morgan fingerprint density at radius 2 is 1.94 bits per heavy atom. The number of piperidine rings is 1. The summed E-state index contributed by atoms with van der Waals surface area (Å²) >= 11 is 1.35. The van der Waals surface area contributed by atoms with E-state index < -0.39 is 10.0 Å². The Labute approximate surface area is 118 Å². The number of aryl methyl sites for hydroxylation is 2. The van der Waals surface area contributed by atoms with E-state index in [9.17, 15) is 8.42 Å². The van der Waals surface area contributed by atoms with Gasteiger partial charge in [0, 0.05) is 10.9 Å². The van der Waals surface area contributed by atoms with E-state index in [2.05, 4.69) is 10.0 Å². The largest absolute Gasteiger partial charge is 0.316 e. The first-order valence-electron chi connectivity index (χ1n) is 5.79. The molecule has 1 aromatic rings. The monoisotopic (exact) mass is 308 g/mol. The van der Waals surface area contributed by atoms with Crippen LogP contribution in [0.5, 0.6) is 0 Å². The van der Waals surface area contributed by atoms with Gasteiger partial charge >= 0.3 is 0 Å². The van der Waals surface area contributed by atoms with Crippen LogP contribution in [0.1, 0.15) is 10.4 Å². The summed E-state index contributed by atoms with van der Waals surface area (Å²) in [5.74, 6) is 1.01. The first kappa shape index (κ1) is 14.3. The molecule has 2 N–H and O–H groups in total. The van der Waals surface area contributed by atoms with Crippen molar-refractivity contribution in [3.8, 4) is 0 Å². The standard InChI is InChI=1S/C11H16N2O2S2.ClH/c1-6-3-7(2)16-11(6)17(14,15)13-10-8-4-12-5-9(8)10;/h3,8-10,12-13H,4-5H2,1-2H3;1H. The summed E-state index contributed by atoms with van der Waals surface area (Å²) in [5, 5.41) is 3.26. The van der Waals surface area contributed by atoms with Crippen molar-refractivity contribution in [2.24, 2.45) is 11.8 Å². The number of fused-ring (bicyclic) bond motifs is 1. The molecule has 2 unspecified atom stereocenters. The molecule has 7 heteroatoms. The van der Waals surface area contributed by atoms with Gasteiger partial charge in [-0.2, -0.15) is 0 Å². The predicted octanol–water partition coefficient (Wildman–Crippen LogP) is 1.28. The Kier molecular flexibility index (Phi) is 3.77. The summed E-state index contributed by atoms with van der Waals surface area (Å²) in [6.45, 7) is 5.68. The van der Waals surface area contributed by atoms with Crippen molar-refractivity contribution in [1.29, 1.82) is 0 Å².